The number of hydrogen-bond donors (Lipinski definition) is 1. The van der Waals surface area contributed by atoms with Gasteiger partial charge in [0.1, 0.15) is 5.76 Å². The molecule has 2 rings (SSSR count). The molecule has 3 nitrogen and oxygen atoms in total. The Labute approximate surface area is 125 Å². The van der Waals surface area contributed by atoms with Gasteiger partial charge in [-0.1, -0.05) is 36.7 Å². The van der Waals surface area contributed by atoms with Crippen LogP contribution < -0.4 is 5.73 Å². The summed E-state index contributed by atoms with van der Waals surface area (Å²) in [5.74, 6) is 0.935. The van der Waals surface area contributed by atoms with Gasteiger partial charge in [-0.2, -0.15) is 0 Å². The van der Waals surface area contributed by atoms with Crippen LogP contribution in [0.4, 0.5) is 0 Å². The van der Waals surface area contributed by atoms with Crippen LogP contribution in [0.15, 0.2) is 47.1 Å². The molecule has 0 aliphatic rings. The van der Waals surface area contributed by atoms with Gasteiger partial charge < -0.3 is 10.2 Å². The molecule has 4 heteroatoms. The molecule has 2 aromatic rings. The van der Waals surface area contributed by atoms with Crippen molar-refractivity contribution in [1.82, 2.24) is 4.90 Å². The summed E-state index contributed by atoms with van der Waals surface area (Å²) < 4.78 is 5.45. The lowest BCUT2D eigenvalue weighted by Crippen LogP contribution is -2.39. The van der Waals surface area contributed by atoms with Crippen LogP contribution in [0.3, 0.4) is 0 Å². The second kappa shape index (κ2) is 6.93. The standard InChI is InChI=1S/C16H21ClN2O/c1-3-19(11-13-7-6-10-20-13)16(12(2)18)14-8-4-5-9-15(14)17/h4-10,12,16H,3,11,18H2,1-2H3. The first-order chi connectivity index (χ1) is 9.63. The molecule has 0 saturated heterocycles. The zero-order valence-electron chi connectivity index (χ0n) is 11.9. The highest BCUT2D eigenvalue weighted by Gasteiger charge is 2.25. The maximum Gasteiger partial charge on any atom is 0.117 e. The minimum atomic E-state index is -0.0233. The number of nitrogens with two attached hydrogens (primary N) is 1. The topological polar surface area (TPSA) is 42.4 Å². The molecule has 0 aliphatic carbocycles. The first-order valence-electron chi connectivity index (χ1n) is 6.90. The lowest BCUT2D eigenvalue weighted by Gasteiger charge is -2.33. The molecule has 20 heavy (non-hydrogen) atoms. The quantitative estimate of drug-likeness (QED) is 0.879. The third-order valence-electron chi connectivity index (χ3n) is 3.46. The molecule has 0 aliphatic heterocycles. The van der Waals surface area contributed by atoms with E-state index in [4.69, 9.17) is 21.8 Å². The molecule has 0 amide bonds. The van der Waals surface area contributed by atoms with Crippen molar-refractivity contribution in [2.45, 2.75) is 32.5 Å². The normalized spacial score (nSPS) is 14.4. The number of benzene rings is 1. The maximum atomic E-state index is 6.34. The highest BCUT2D eigenvalue weighted by Crippen LogP contribution is 2.30. The number of rotatable bonds is 6. The molecule has 2 atom stereocenters. The SMILES string of the molecule is CCN(Cc1ccco1)C(c1ccccc1Cl)C(C)N. The molecule has 0 saturated carbocycles. The fourth-order valence-electron chi connectivity index (χ4n) is 2.54. The van der Waals surface area contributed by atoms with Crippen LogP contribution in [-0.4, -0.2) is 17.5 Å². The lowest BCUT2D eigenvalue weighted by atomic mass is 9.99. The summed E-state index contributed by atoms with van der Waals surface area (Å²) in [6, 6.07) is 11.8. The third kappa shape index (κ3) is 3.42. The van der Waals surface area contributed by atoms with Crippen molar-refractivity contribution in [1.29, 1.82) is 0 Å². The molecule has 2 unspecified atom stereocenters. The van der Waals surface area contributed by atoms with Gasteiger partial charge in [-0.05, 0) is 37.2 Å². The van der Waals surface area contributed by atoms with Crippen molar-refractivity contribution >= 4 is 11.6 Å². The predicted octanol–water partition coefficient (Wildman–Crippen LogP) is 3.84. The van der Waals surface area contributed by atoms with Gasteiger partial charge in [0.2, 0.25) is 0 Å². The third-order valence-corrected chi connectivity index (χ3v) is 3.80. The Bertz CT molecular complexity index is 525. The Hall–Kier alpha value is -1.29. The van der Waals surface area contributed by atoms with Crippen molar-refractivity contribution < 1.29 is 4.42 Å². The Kier molecular flexibility index (Phi) is 5.24. The second-order valence-electron chi connectivity index (χ2n) is 4.97. The van der Waals surface area contributed by atoms with Gasteiger partial charge >= 0.3 is 0 Å². The van der Waals surface area contributed by atoms with E-state index < -0.39 is 0 Å². The van der Waals surface area contributed by atoms with E-state index >= 15 is 0 Å². The number of nitrogens with zero attached hydrogens (tertiary/aromatic N) is 1. The average Bonchev–Trinajstić information content (AvgIpc) is 2.92. The fourth-order valence-corrected chi connectivity index (χ4v) is 2.78. The van der Waals surface area contributed by atoms with Crippen LogP contribution in [0, 0.1) is 0 Å². The second-order valence-corrected chi connectivity index (χ2v) is 5.38. The van der Waals surface area contributed by atoms with Gasteiger partial charge in [-0.3, -0.25) is 4.90 Å². The smallest absolute Gasteiger partial charge is 0.117 e. The van der Waals surface area contributed by atoms with E-state index in [1.165, 1.54) is 0 Å². The summed E-state index contributed by atoms with van der Waals surface area (Å²) in [6.45, 7) is 5.73. The summed E-state index contributed by atoms with van der Waals surface area (Å²) in [5.41, 5.74) is 7.28. The molecule has 2 N–H and O–H groups in total. The zero-order valence-corrected chi connectivity index (χ0v) is 12.7. The van der Waals surface area contributed by atoms with Crippen LogP contribution in [-0.2, 0) is 6.54 Å². The van der Waals surface area contributed by atoms with Gasteiger partial charge in [0.05, 0.1) is 18.8 Å². The van der Waals surface area contributed by atoms with E-state index in [2.05, 4.69) is 11.8 Å². The average molecular weight is 293 g/mol. The lowest BCUT2D eigenvalue weighted by molar-refractivity contribution is 0.164. The van der Waals surface area contributed by atoms with E-state index in [1.54, 1.807) is 6.26 Å². The summed E-state index contributed by atoms with van der Waals surface area (Å²) in [5, 5.41) is 0.757. The Balaban J connectivity index is 2.29. The molecule has 0 radical (unpaired) electrons. The van der Waals surface area contributed by atoms with Crippen LogP contribution in [0.5, 0.6) is 0 Å². The zero-order chi connectivity index (χ0) is 14.5. The molecule has 1 aromatic carbocycles. The Morgan fingerprint density at radius 1 is 1.25 bits per heavy atom. The molecule has 0 bridgehead atoms. The molecule has 0 fully saturated rings. The molecular weight excluding hydrogens is 272 g/mol. The number of likely N-dealkylation sites (N-methyl/N-ethyl adjacent to an activating group) is 1. The highest BCUT2D eigenvalue weighted by molar-refractivity contribution is 6.31. The van der Waals surface area contributed by atoms with Gasteiger partial charge in [0, 0.05) is 11.1 Å². The summed E-state index contributed by atoms with van der Waals surface area (Å²) in [4.78, 5) is 2.28. The molecular formula is C16H21ClN2O. The van der Waals surface area contributed by atoms with Crippen LogP contribution in [0.2, 0.25) is 5.02 Å². The molecule has 108 valence electrons. The summed E-state index contributed by atoms with van der Waals surface area (Å²) in [7, 11) is 0. The van der Waals surface area contributed by atoms with Gasteiger partial charge in [0.25, 0.3) is 0 Å². The number of hydrogen-bond acceptors (Lipinski definition) is 3. The van der Waals surface area contributed by atoms with Crippen molar-refractivity contribution in [2.24, 2.45) is 5.73 Å². The minimum Gasteiger partial charge on any atom is -0.468 e. The van der Waals surface area contributed by atoms with Gasteiger partial charge in [-0.25, -0.2) is 0 Å². The van der Waals surface area contributed by atoms with E-state index in [-0.39, 0.29) is 12.1 Å². The van der Waals surface area contributed by atoms with Gasteiger partial charge in [0.15, 0.2) is 0 Å². The summed E-state index contributed by atoms with van der Waals surface area (Å²) >= 11 is 6.34. The fraction of sp³-hybridized carbons (Fsp3) is 0.375. The van der Waals surface area contributed by atoms with Crippen molar-refractivity contribution in [3.05, 3.63) is 59.0 Å². The number of halogens is 1. The van der Waals surface area contributed by atoms with Crippen LogP contribution >= 0.6 is 11.6 Å². The van der Waals surface area contributed by atoms with Gasteiger partial charge in [-0.15, -0.1) is 0 Å². The largest absolute Gasteiger partial charge is 0.468 e. The van der Waals surface area contributed by atoms with Crippen LogP contribution in [0.25, 0.3) is 0 Å². The van der Waals surface area contributed by atoms with E-state index in [9.17, 15) is 0 Å². The number of furan rings is 1. The maximum absolute atomic E-state index is 6.34. The van der Waals surface area contributed by atoms with Crippen molar-refractivity contribution in [2.75, 3.05) is 6.54 Å². The molecule has 1 heterocycles. The molecule has 1 aromatic heterocycles. The van der Waals surface area contributed by atoms with E-state index in [0.29, 0.717) is 0 Å². The highest BCUT2D eigenvalue weighted by atomic mass is 35.5. The molecule has 0 spiro atoms. The van der Waals surface area contributed by atoms with Crippen LogP contribution in [0.1, 0.15) is 31.2 Å². The van der Waals surface area contributed by atoms with E-state index in [0.717, 1.165) is 29.4 Å². The monoisotopic (exact) mass is 292 g/mol. The minimum absolute atomic E-state index is 0.0233. The first kappa shape index (κ1) is 15.1. The van der Waals surface area contributed by atoms with Crippen molar-refractivity contribution in [3.8, 4) is 0 Å². The summed E-state index contributed by atoms with van der Waals surface area (Å²) in [6.07, 6.45) is 1.69. The Morgan fingerprint density at radius 2 is 2.00 bits per heavy atom. The first-order valence-corrected chi connectivity index (χ1v) is 7.27. The van der Waals surface area contributed by atoms with E-state index in [1.807, 2.05) is 43.3 Å². The predicted molar refractivity (Wildman–Crippen MR) is 82.6 cm³/mol. The van der Waals surface area contributed by atoms with Crippen molar-refractivity contribution in [3.63, 3.8) is 0 Å². The Morgan fingerprint density at radius 3 is 2.55 bits per heavy atom.